The van der Waals surface area contributed by atoms with Crippen LogP contribution in [0.25, 0.3) is 0 Å². The van der Waals surface area contributed by atoms with Crippen LogP contribution in [0.4, 0.5) is 0 Å². The van der Waals surface area contributed by atoms with Crippen LogP contribution in [0.5, 0.6) is 0 Å². The predicted octanol–water partition coefficient (Wildman–Crippen LogP) is 2.55. The average molecular weight is 393 g/mol. The molecule has 27 heavy (non-hydrogen) atoms. The quantitative estimate of drug-likeness (QED) is 0.836. The first kappa shape index (κ1) is 18.9. The summed E-state index contributed by atoms with van der Waals surface area (Å²) in [5.41, 5.74) is 0.492. The maximum atomic E-state index is 12.8. The van der Waals surface area contributed by atoms with Gasteiger partial charge in [-0.3, -0.25) is 4.79 Å². The topological polar surface area (TPSA) is 75.7 Å². The van der Waals surface area contributed by atoms with Gasteiger partial charge in [0.25, 0.3) is 5.91 Å². The van der Waals surface area contributed by atoms with Gasteiger partial charge in [-0.25, -0.2) is 8.42 Å². The van der Waals surface area contributed by atoms with E-state index in [0.717, 1.165) is 32.1 Å². The van der Waals surface area contributed by atoms with E-state index in [4.69, 9.17) is 4.74 Å². The van der Waals surface area contributed by atoms with Gasteiger partial charge in [0, 0.05) is 25.3 Å². The van der Waals surface area contributed by atoms with E-state index in [0.29, 0.717) is 31.2 Å². The van der Waals surface area contributed by atoms with Gasteiger partial charge in [0.05, 0.1) is 17.0 Å². The highest BCUT2D eigenvalue weighted by molar-refractivity contribution is 7.89. The van der Waals surface area contributed by atoms with Crippen LogP contribution in [0.3, 0.4) is 0 Å². The monoisotopic (exact) mass is 392 g/mol. The number of benzene rings is 1. The van der Waals surface area contributed by atoms with Gasteiger partial charge in [0.15, 0.2) is 0 Å². The molecule has 2 aliphatic heterocycles. The van der Waals surface area contributed by atoms with Gasteiger partial charge in [0.2, 0.25) is 10.0 Å². The summed E-state index contributed by atoms with van der Waals surface area (Å²) < 4.78 is 33.0. The summed E-state index contributed by atoms with van der Waals surface area (Å²) in [7, 11) is -3.48. The Morgan fingerprint density at radius 3 is 2.30 bits per heavy atom. The van der Waals surface area contributed by atoms with Gasteiger partial charge in [-0.1, -0.05) is 12.8 Å². The molecule has 6 nitrogen and oxygen atoms in total. The van der Waals surface area contributed by atoms with Crippen LogP contribution in [0, 0.1) is 5.92 Å². The molecule has 2 atom stereocenters. The maximum absolute atomic E-state index is 12.8. The van der Waals surface area contributed by atoms with Crippen LogP contribution in [-0.4, -0.2) is 50.5 Å². The Morgan fingerprint density at radius 1 is 1.00 bits per heavy atom. The van der Waals surface area contributed by atoms with Gasteiger partial charge >= 0.3 is 0 Å². The molecule has 1 aliphatic carbocycles. The molecule has 0 unspecified atom stereocenters. The number of ether oxygens (including phenoxy) is 1. The zero-order valence-corrected chi connectivity index (χ0v) is 16.4. The van der Waals surface area contributed by atoms with E-state index < -0.39 is 10.0 Å². The Balaban J connectivity index is 1.42. The Hall–Kier alpha value is -1.44. The third-order valence-electron chi connectivity index (χ3n) is 5.86. The number of nitrogens with zero attached hydrogens (tertiary/aromatic N) is 1. The number of hydrogen-bond acceptors (Lipinski definition) is 4. The van der Waals surface area contributed by atoms with Gasteiger partial charge in [0.1, 0.15) is 0 Å². The second kappa shape index (κ2) is 7.89. The molecular weight excluding hydrogens is 364 g/mol. The molecule has 4 rings (SSSR count). The van der Waals surface area contributed by atoms with E-state index in [1.165, 1.54) is 12.8 Å². The number of hydrogen-bond donors (Lipinski definition) is 1. The minimum absolute atomic E-state index is 0.0607. The smallest absolute Gasteiger partial charge is 0.251 e. The van der Waals surface area contributed by atoms with Crippen LogP contribution in [0.2, 0.25) is 0 Å². The summed E-state index contributed by atoms with van der Waals surface area (Å²) in [5.74, 6) is 0.425. The van der Waals surface area contributed by atoms with Crippen molar-refractivity contribution in [2.45, 2.75) is 62.0 Å². The maximum Gasteiger partial charge on any atom is 0.251 e. The molecule has 1 N–H and O–H groups in total. The fourth-order valence-electron chi connectivity index (χ4n) is 4.12. The molecule has 3 fully saturated rings. The van der Waals surface area contributed by atoms with Gasteiger partial charge in [-0.2, -0.15) is 4.31 Å². The summed E-state index contributed by atoms with van der Waals surface area (Å²) in [6, 6.07) is 6.40. The summed E-state index contributed by atoms with van der Waals surface area (Å²) in [6.45, 7) is 1.85. The third kappa shape index (κ3) is 4.20. The third-order valence-corrected chi connectivity index (χ3v) is 7.77. The van der Waals surface area contributed by atoms with Crippen molar-refractivity contribution in [3.05, 3.63) is 29.8 Å². The van der Waals surface area contributed by atoms with E-state index in [2.05, 4.69) is 5.32 Å². The van der Waals surface area contributed by atoms with E-state index in [1.807, 2.05) is 0 Å². The second-order valence-corrected chi connectivity index (χ2v) is 9.82. The van der Waals surface area contributed by atoms with Crippen molar-refractivity contribution in [2.75, 3.05) is 19.7 Å². The molecule has 148 valence electrons. The SMILES string of the molecule is O=C(N[C@@H]1CCO[C@@H]1C1CC1)c1ccc(S(=O)(=O)N2CCCCCC2)cc1. The van der Waals surface area contributed by atoms with Crippen molar-refractivity contribution in [3.8, 4) is 0 Å². The number of rotatable bonds is 5. The molecule has 1 aromatic rings. The van der Waals surface area contributed by atoms with E-state index in [1.54, 1.807) is 28.6 Å². The van der Waals surface area contributed by atoms with E-state index in [9.17, 15) is 13.2 Å². The lowest BCUT2D eigenvalue weighted by Gasteiger charge is -2.21. The van der Waals surface area contributed by atoms with Gasteiger partial charge < -0.3 is 10.1 Å². The summed E-state index contributed by atoms with van der Waals surface area (Å²) in [6.07, 6.45) is 7.32. The molecular formula is C20H28N2O4S. The van der Waals surface area contributed by atoms with Crippen LogP contribution in [-0.2, 0) is 14.8 Å². The zero-order chi connectivity index (χ0) is 18.9. The Morgan fingerprint density at radius 2 is 1.67 bits per heavy atom. The van der Waals surface area contributed by atoms with Crippen molar-refractivity contribution >= 4 is 15.9 Å². The minimum Gasteiger partial charge on any atom is -0.376 e. The lowest BCUT2D eigenvalue weighted by atomic mass is 10.1. The lowest BCUT2D eigenvalue weighted by molar-refractivity contribution is 0.0729. The van der Waals surface area contributed by atoms with E-state index >= 15 is 0 Å². The van der Waals surface area contributed by atoms with Crippen molar-refractivity contribution in [1.82, 2.24) is 9.62 Å². The molecule has 0 spiro atoms. The summed E-state index contributed by atoms with van der Waals surface area (Å²) >= 11 is 0. The fraction of sp³-hybridized carbons (Fsp3) is 0.650. The first-order chi connectivity index (χ1) is 13.1. The molecule has 2 saturated heterocycles. The average Bonchev–Trinajstić information content (AvgIpc) is 3.46. The lowest BCUT2D eigenvalue weighted by Crippen LogP contribution is -2.41. The van der Waals surface area contributed by atoms with Crippen LogP contribution >= 0.6 is 0 Å². The highest BCUT2D eigenvalue weighted by Gasteiger charge is 2.41. The molecule has 0 radical (unpaired) electrons. The second-order valence-electron chi connectivity index (χ2n) is 7.88. The predicted molar refractivity (Wildman–Crippen MR) is 102 cm³/mol. The number of sulfonamides is 1. The molecule has 1 aromatic carbocycles. The Bertz CT molecular complexity index is 766. The molecule has 1 amide bonds. The van der Waals surface area contributed by atoms with Crippen LogP contribution in [0.15, 0.2) is 29.2 Å². The number of carbonyl (C=O) groups excluding carboxylic acids is 1. The Labute approximate surface area is 161 Å². The van der Waals surface area contributed by atoms with Crippen LogP contribution in [0.1, 0.15) is 55.3 Å². The first-order valence-corrected chi connectivity index (χ1v) is 11.5. The summed E-state index contributed by atoms with van der Waals surface area (Å²) in [4.78, 5) is 12.8. The standard InChI is InChI=1S/C20H28N2O4S/c23-20(21-18-11-14-26-19(18)15-5-6-15)16-7-9-17(10-8-16)27(24,25)22-12-3-1-2-4-13-22/h7-10,15,18-19H,1-6,11-14H2,(H,21,23)/t18-,19-/m1/s1. The molecule has 1 saturated carbocycles. The van der Waals surface area contributed by atoms with E-state index in [-0.39, 0.29) is 22.9 Å². The highest BCUT2D eigenvalue weighted by Crippen LogP contribution is 2.38. The molecule has 0 bridgehead atoms. The number of carbonyl (C=O) groups is 1. The fourth-order valence-corrected chi connectivity index (χ4v) is 5.63. The van der Waals surface area contributed by atoms with Crippen molar-refractivity contribution < 1.29 is 17.9 Å². The van der Waals surface area contributed by atoms with Crippen molar-refractivity contribution in [3.63, 3.8) is 0 Å². The first-order valence-electron chi connectivity index (χ1n) is 10.1. The van der Waals surface area contributed by atoms with Gasteiger partial charge in [-0.05, 0) is 62.3 Å². The largest absolute Gasteiger partial charge is 0.376 e. The van der Waals surface area contributed by atoms with Gasteiger partial charge in [-0.15, -0.1) is 0 Å². The summed E-state index contributed by atoms with van der Waals surface area (Å²) in [5, 5.41) is 3.07. The van der Waals surface area contributed by atoms with Crippen LogP contribution < -0.4 is 5.32 Å². The zero-order valence-electron chi connectivity index (χ0n) is 15.6. The molecule has 7 heteroatoms. The number of amides is 1. The highest BCUT2D eigenvalue weighted by atomic mass is 32.2. The van der Waals surface area contributed by atoms with Crippen molar-refractivity contribution in [2.24, 2.45) is 5.92 Å². The molecule has 3 aliphatic rings. The molecule has 2 heterocycles. The normalized spacial score (nSPS) is 27.3. The molecule has 0 aromatic heterocycles. The Kier molecular flexibility index (Phi) is 5.53. The van der Waals surface area contributed by atoms with Crippen molar-refractivity contribution in [1.29, 1.82) is 0 Å². The minimum atomic E-state index is -3.48. The number of nitrogens with one attached hydrogen (secondary N) is 1.